The van der Waals surface area contributed by atoms with Gasteiger partial charge in [0.1, 0.15) is 11.5 Å². The summed E-state index contributed by atoms with van der Waals surface area (Å²) in [5.41, 5.74) is 3.72. The van der Waals surface area contributed by atoms with Crippen LogP contribution in [-0.4, -0.2) is 13.2 Å². The molecule has 0 saturated heterocycles. The van der Waals surface area contributed by atoms with Crippen molar-refractivity contribution in [2.24, 2.45) is 0 Å². The van der Waals surface area contributed by atoms with Crippen LogP contribution in [0.25, 0.3) is 10.8 Å². The summed E-state index contributed by atoms with van der Waals surface area (Å²) in [6.07, 6.45) is 1.79. The smallest absolute Gasteiger partial charge is 0.130 e. The summed E-state index contributed by atoms with van der Waals surface area (Å²) in [6.45, 7) is 3.41. The molecular formula is C27H26O2. The number of aryl methyl sites for hydroxylation is 1. The first-order valence-corrected chi connectivity index (χ1v) is 10.2. The first-order chi connectivity index (χ1) is 14.3. The topological polar surface area (TPSA) is 18.5 Å². The highest BCUT2D eigenvalue weighted by molar-refractivity contribution is 5.94. The van der Waals surface area contributed by atoms with Crippen LogP contribution in [0.2, 0.25) is 0 Å². The minimum Gasteiger partial charge on any atom is -0.493 e. The molecule has 146 valence electrons. The Hall–Kier alpha value is -3.26. The average Bonchev–Trinajstić information content (AvgIpc) is 2.77. The molecule has 0 aliphatic carbocycles. The number of rotatable bonds is 8. The molecule has 0 unspecified atom stereocenters. The van der Waals surface area contributed by atoms with Gasteiger partial charge in [-0.05, 0) is 29.7 Å². The summed E-state index contributed by atoms with van der Waals surface area (Å²) < 4.78 is 12.4. The minimum atomic E-state index is 0.654. The second kappa shape index (κ2) is 9.29. The lowest BCUT2D eigenvalue weighted by molar-refractivity contribution is 0.321. The van der Waals surface area contributed by atoms with Crippen molar-refractivity contribution >= 4 is 10.8 Å². The second-order valence-electron chi connectivity index (χ2n) is 7.23. The molecule has 0 saturated carbocycles. The van der Waals surface area contributed by atoms with Crippen molar-refractivity contribution in [2.45, 2.75) is 19.8 Å². The molecule has 0 amide bonds. The second-order valence-corrected chi connectivity index (χ2v) is 7.23. The molecule has 0 N–H and O–H groups in total. The first kappa shape index (κ1) is 19.1. The Morgan fingerprint density at radius 1 is 0.552 bits per heavy atom. The third kappa shape index (κ3) is 4.78. The molecule has 2 nitrogen and oxygen atoms in total. The van der Waals surface area contributed by atoms with Crippen molar-refractivity contribution in [2.75, 3.05) is 13.2 Å². The van der Waals surface area contributed by atoms with E-state index in [-0.39, 0.29) is 0 Å². The fourth-order valence-corrected chi connectivity index (χ4v) is 3.57. The molecule has 0 aromatic heterocycles. The molecule has 4 aromatic carbocycles. The summed E-state index contributed by atoms with van der Waals surface area (Å²) in [5.74, 6) is 1.86. The molecule has 0 aliphatic rings. The van der Waals surface area contributed by atoms with E-state index in [0.29, 0.717) is 13.2 Å². The van der Waals surface area contributed by atoms with Gasteiger partial charge in [0.2, 0.25) is 0 Å². The maximum atomic E-state index is 6.23. The summed E-state index contributed by atoms with van der Waals surface area (Å²) in [4.78, 5) is 0. The molecule has 0 atom stereocenters. The molecule has 0 spiro atoms. The predicted octanol–water partition coefficient (Wildman–Crippen LogP) is 6.39. The van der Waals surface area contributed by atoms with E-state index in [0.717, 1.165) is 40.7 Å². The van der Waals surface area contributed by atoms with Gasteiger partial charge < -0.3 is 9.47 Å². The van der Waals surface area contributed by atoms with Crippen molar-refractivity contribution in [3.05, 3.63) is 108 Å². The van der Waals surface area contributed by atoms with Gasteiger partial charge in [0, 0.05) is 23.6 Å². The van der Waals surface area contributed by atoms with Crippen LogP contribution in [0.3, 0.4) is 0 Å². The van der Waals surface area contributed by atoms with E-state index < -0.39 is 0 Å². The molecule has 0 aliphatic heterocycles. The van der Waals surface area contributed by atoms with Crippen molar-refractivity contribution < 1.29 is 9.47 Å². The van der Waals surface area contributed by atoms with Crippen LogP contribution in [0, 0.1) is 6.92 Å². The van der Waals surface area contributed by atoms with Gasteiger partial charge in [-0.15, -0.1) is 0 Å². The first-order valence-electron chi connectivity index (χ1n) is 10.2. The summed E-state index contributed by atoms with van der Waals surface area (Å²) in [5, 5.41) is 2.20. The molecule has 0 radical (unpaired) electrons. The third-order valence-corrected chi connectivity index (χ3v) is 5.14. The van der Waals surface area contributed by atoms with Crippen molar-refractivity contribution in [3.63, 3.8) is 0 Å². The van der Waals surface area contributed by atoms with Crippen LogP contribution in [0.1, 0.15) is 16.7 Å². The highest BCUT2D eigenvalue weighted by atomic mass is 16.5. The number of hydrogen-bond donors (Lipinski definition) is 0. The summed E-state index contributed by atoms with van der Waals surface area (Å²) >= 11 is 0. The van der Waals surface area contributed by atoms with Gasteiger partial charge >= 0.3 is 0 Å². The number of benzene rings is 4. The van der Waals surface area contributed by atoms with Gasteiger partial charge in [-0.25, -0.2) is 0 Å². The third-order valence-electron chi connectivity index (χ3n) is 5.14. The monoisotopic (exact) mass is 382 g/mol. The SMILES string of the molecule is Cc1ccc2c(OCCc3ccccc3)cccc2c1OCCc1ccccc1. The Kier molecular flexibility index (Phi) is 6.11. The predicted molar refractivity (Wildman–Crippen MR) is 120 cm³/mol. The van der Waals surface area contributed by atoms with Crippen molar-refractivity contribution in [1.29, 1.82) is 0 Å². The molecule has 4 rings (SSSR count). The van der Waals surface area contributed by atoms with Gasteiger partial charge in [-0.1, -0.05) is 84.9 Å². The average molecular weight is 383 g/mol. The maximum Gasteiger partial charge on any atom is 0.130 e. The summed E-state index contributed by atoms with van der Waals surface area (Å²) in [6, 6.07) is 31.3. The molecule has 0 bridgehead atoms. The zero-order valence-electron chi connectivity index (χ0n) is 16.8. The minimum absolute atomic E-state index is 0.654. The Morgan fingerprint density at radius 2 is 1.17 bits per heavy atom. The van der Waals surface area contributed by atoms with E-state index in [1.165, 1.54) is 11.1 Å². The van der Waals surface area contributed by atoms with Crippen LogP contribution in [-0.2, 0) is 12.8 Å². The quantitative estimate of drug-likeness (QED) is 0.351. The maximum absolute atomic E-state index is 6.23. The Bertz CT molecular complexity index is 1060. The van der Waals surface area contributed by atoms with Crippen LogP contribution in [0.15, 0.2) is 91.0 Å². The molecular weight excluding hydrogens is 356 g/mol. The van der Waals surface area contributed by atoms with Crippen molar-refractivity contribution in [3.8, 4) is 11.5 Å². The van der Waals surface area contributed by atoms with Gasteiger partial charge in [0.25, 0.3) is 0 Å². The molecule has 0 fully saturated rings. The van der Waals surface area contributed by atoms with Crippen LogP contribution < -0.4 is 9.47 Å². The lowest BCUT2D eigenvalue weighted by Gasteiger charge is -2.15. The number of hydrogen-bond acceptors (Lipinski definition) is 2. The van der Waals surface area contributed by atoms with E-state index in [1.807, 2.05) is 24.3 Å². The number of fused-ring (bicyclic) bond motifs is 1. The van der Waals surface area contributed by atoms with E-state index in [1.54, 1.807) is 0 Å². The van der Waals surface area contributed by atoms with Crippen LogP contribution in [0.5, 0.6) is 11.5 Å². The standard InChI is InChI=1S/C27H26O2/c1-21-15-16-24-25(27(21)29-20-18-23-11-6-3-7-12-23)13-8-14-26(24)28-19-17-22-9-4-2-5-10-22/h2-16H,17-20H2,1H3. The zero-order chi connectivity index (χ0) is 19.9. The summed E-state index contributed by atoms with van der Waals surface area (Å²) in [7, 11) is 0. The van der Waals surface area contributed by atoms with Crippen LogP contribution in [0.4, 0.5) is 0 Å². The molecule has 29 heavy (non-hydrogen) atoms. The Morgan fingerprint density at radius 3 is 1.83 bits per heavy atom. The number of ether oxygens (including phenoxy) is 2. The van der Waals surface area contributed by atoms with Gasteiger partial charge in [-0.3, -0.25) is 0 Å². The van der Waals surface area contributed by atoms with E-state index in [9.17, 15) is 0 Å². The van der Waals surface area contributed by atoms with E-state index in [4.69, 9.17) is 9.47 Å². The lowest BCUT2D eigenvalue weighted by atomic mass is 10.0. The highest BCUT2D eigenvalue weighted by Crippen LogP contribution is 2.35. The van der Waals surface area contributed by atoms with Gasteiger partial charge in [0.15, 0.2) is 0 Å². The Balaban J connectivity index is 1.48. The normalized spacial score (nSPS) is 10.8. The largest absolute Gasteiger partial charge is 0.493 e. The van der Waals surface area contributed by atoms with Gasteiger partial charge in [0.05, 0.1) is 13.2 Å². The zero-order valence-corrected chi connectivity index (χ0v) is 16.8. The molecule has 4 aromatic rings. The Labute approximate surface area is 172 Å². The molecule has 0 heterocycles. The van der Waals surface area contributed by atoms with E-state index in [2.05, 4.69) is 73.7 Å². The van der Waals surface area contributed by atoms with E-state index >= 15 is 0 Å². The van der Waals surface area contributed by atoms with Gasteiger partial charge in [-0.2, -0.15) is 0 Å². The fraction of sp³-hybridized carbons (Fsp3) is 0.185. The lowest BCUT2D eigenvalue weighted by Crippen LogP contribution is -2.04. The fourth-order valence-electron chi connectivity index (χ4n) is 3.57. The molecule has 2 heteroatoms. The van der Waals surface area contributed by atoms with Crippen LogP contribution >= 0.6 is 0 Å². The highest BCUT2D eigenvalue weighted by Gasteiger charge is 2.10. The van der Waals surface area contributed by atoms with Crippen molar-refractivity contribution in [1.82, 2.24) is 0 Å².